The Morgan fingerprint density at radius 2 is 0.697 bits per heavy atom. The third-order valence-corrected chi connectivity index (χ3v) is 4.03. The molecule has 0 aromatic rings. The van der Waals surface area contributed by atoms with Crippen molar-refractivity contribution in [3.05, 3.63) is 0 Å². The molecule has 0 rings (SSSR count). The van der Waals surface area contributed by atoms with E-state index in [1.807, 2.05) is 0 Å². The summed E-state index contributed by atoms with van der Waals surface area (Å²) in [6.45, 7) is -0.567. The Bertz CT molecular complexity index is 491. The quantitative estimate of drug-likeness (QED) is 0.0514. The van der Waals surface area contributed by atoms with Gasteiger partial charge < -0.3 is 18.9 Å². The molecule has 192 valence electrons. The zero-order chi connectivity index (χ0) is 25.0. The molecular formula is C17H32N4O12. The van der Waals surface area contributed by atoms with E-state index >= 15 is 0 Å². The first-order valence-electron chi connectivity index (χ1n) is 9.85. The second kappa shape index (κ2) is 19.1. The average molecular weight is 484 g/mol. The Kier molecular flexibility index (Phi) is 17.7. The third kappa shape index (κ3) is 15.9. The molecule has 0 aromatic carbocycles. The van der Waals surface area contributed by atoms with Crippen LogP contribution in [-0.2, 0) is 38.1 Å². The lowest BCUT2D eigenvalue weighted by Crippen LogP contribution is -2.42. The van der Waals surface area contributed by atoms with Gasteiger partial charge >= 0.3 is 0 Å². The van der Waals surface area contributed by atoms with E-state index in [0.717, 1.165) is 0 Å². The Hall–Kier alpha value is -2.44. The van der Waals surface area contributed by atoms with Gasteiger partial charge in [0, 0.05) is 0 Å². The summed E-state index contributed by atoms with van der Waals surface area (Å²) in [6.07, 6.45) is -0.559. The highest BCUT2D eigenvalue weighted by atomic mass is 16.5. The molecule has 0 aliphatic heterocycles. The van der Waals surface area contributed by atoms with Gasteiger partial charge in [-0.2, -0.15) is 0 Å². The van der Waals surface area contributed by atoms with Crippen molar-refractivity contribution in [1.29, 1.82) is 0 Å². The molecule has 0 spiro atoms. The van der Waals surface area contributed by atoms with Crippen LogP contribution in [0, 0.1) is 5.41 Å². The molecule has 33 heavy (non-hydrogen) atoms. The molecule has 0 atom stereocenters. The number of carbonyl (C=O) groups is 4. The van der Waals surface area contributed by atoms with Gasteiger partial charge in [-0.15, -0.1) is 0 Å². The predicted octanol–water partition coefficient (Wildman–Crippen LogP) is -2.38. The maximum atomic E-state index is 11.2. The molecule has 0 aliphatic rings. The molecular weight excluding hydrogens is 452 g/mol. The van der Waals surface area contributed by atoms with Crippen molar-refractivity contribution < 1.29 is 59.0 Å². The molecule has 0 aliphatic carbocycles. The lowest BCUT2D eigenvalue weighted by atomic mass is 9.92. The first-order valence-corrected chi connectivity index (χ1v) is 9.85. The lowest BCUT2D eigenvalue weighted by Gasteiger charge is -2.33. The van der Waals surface area contributed by atoms with Gasteiger partial charge in [0.25, 0.3) is 0 Å². The molecule has 0 aromatic heterocycles. The summed E-state index contributed by atoms with van der Waals surface area (Å²) in [5, 5.41) is 34.2. The van der Waals surface area contributed by atoms with E-state index in [9.17, 15) is 19.2 Å². The standard InChI is InChI=1S/C17H32N4O12/c22-13(18-26)1-5-30-9-17(10-31-6-2-14(23)19-27,11-32-7-3-15(24)20-28)12-33-8-4-16(25)21-29/h26-29H,1-12H2,(H,18,22)(H,19,23)(H,20,24)(H,21,25). The Balaban J connectivity index is 5.09. The molecule has 0 fully saturated rings. The van der Waals surface area contributed by atoms with Crippen LogP contribution in [-0.4, -0.2) is 97.3 Å². The van der Waals surface area contributed by atoms with Gasteiger partial charge in [0.05, 0.1) is 84.0 Å². The predicted molar refractivity (Wildman–Crippen MR) is 104 cm³/mol. The van der Waals surface area contributed by atoms with Crippen molar-refractivity contribution >= 4 is 23.6 Å². The first-order chi connectivity index (χ1) is 15.8. The van der Waals surface area contributed by atoms with Crippen molar-refractivity contribution in [2.24, 2.45) is 5.41 Å². The number of rotatable bonds is 20. The fourth-order valence-electron chi connectivity index (χ4n) is 2.29. The van der Waals surface area contributed by atoms with Crippen molar-refractivity contribution in [2.45, 2.75) is 25.7 Å². The van der Waals surface area contributed by atoms with Gasteiger partial charge in [-0.3, -0.25) is 40.0 Å². The molecule has 0 heterocycles. The second-order valence-corrected chi connectivity index (χ2v) is 6.85. The van der Waals surface area contributed by atoms with Crippen molar-refractivity contribution in [2.75, 3.05) is 52.9 Å². The topological polar surface area (TPSA) is 234 Å². The molecule has 0 bridgehead atoms. The van der Waals surface area contributed by atoms with E-state index < -0.39 is 29.0 Å². The van der Waals surface area contributed by atoms with Gasteiger partial charge in [0.1, 0.15) is 0 Å². The second-order valence-electron chi connectivity index (χ2n) is 6.85. The summed E-state index contributed by atoms with van der Waals surface area (Å²) < 4.78 is 22.0. The summed E-state index contributed by atoms with van der Waals surface area (Å²) in [7, 11) is 0. The zero-order valence-corrected chi connectivity index (χ0v) is 18.0. The monoisotopic (exact) mass is 484 g/mol. The van der Waals surface area contributed by atoms with E-state index in [-0.39, 0.29) is 78.5 Å². The summed E-state index contributed by atoms with van der Waals surface area (Å²) >= 11 is 0. The van der Waals surface area contributed by atoms with Crippen LogP contribution in [0.1, 0.15) is 25.7 Å². The number of hydroxylamine groups is 4. The number of hydrogen-bond donors (Lipinski definition) is 8. The zero-order valence-electron chi connectivity index (χ0n) is 18.0. The minimum atomic E-state index is -1.02. The van der Waals surface area contributed by atoms with Crippen LogP contribution in [0.2, 0.25) is 0 Å². The maximum absolute atomic E-state index is 11.2. The number of hydrogen-bond acceptors (Lipinski definition) is 12. The number of ether oxygens (including phenoxy) is 4. The Morgan fingerprint density at radius 3 is 0.879 bits per heavy atom. The third-order valence-electron chi connectivity index (χ3n) is 4.03. The van der Waals surface area contributed by atoms with Gasteiger partial charge in [0.15, 0.2) is 0 Å². The summed E-state index contributed by atoms with van der Waals surface area (Å²) in [5.41, 5.74) is 4.86. The molecule has 0 saturated heterocycles. The van der Waals surface area contributed by atoms with Crippen molar-refractivity contribution in [1.82, 2.24) is 21.9 Å². The lowest BCUT2D eigenvalue weighted by molar-refractivity contribution is -0.136. The van der Waals surface area contributed by atoms with Crippen LogP contribution in [0.25, 0.3) is 0 Å². The van der Waals surface area contributed by atoms with Crippen LogP contribution in [0.5, 0.6) is 0 Å². The summed E-state index contributed by atoms with van der Waals surface area (Å²) in [5.74, 6) is -2.65. The van der Waals surface area contributed by atoms with Gasteiger partial charge in [-0.25, -0.2) is 21.9 Å². The summed E-state index contributed by atoms with van der Waals surface area (Å²) in [4.78, 5) is 44.6. The van der Waals surface area contributed by atoms with Crippen LogP contribution >= 0.6 is 0 Å². The SMILES string of the molecule is O=C(CCOCC(COCCC(=O)NO)(COCCC(=O)NO)COCCC(=O)NO)NO. The fraction of sp³-hybridized carbons (Fsp3) is 0.765. The number of nitrogens with one attached hydrogen (secondary N) is 4. The highest BCUT2D eigenvalue weighted by Gasteiger charge is 2.33. The molecule has 16 heteroatoms. The molecule has 8 N–H and O–H groups in total. The Labute approximate surface area is 189 Å². The molecule has 0 saturated carbocycles. The van der Waals surface area contributed by atoms with Gasteiger partial charge in [-0.05, 0) is 0 Å². The Morgan fingerprint density at radius 1 is 0.485 bits per heavy atom. The minimum Gasteiger partial charge on any atom is -0.380 e. The van der Waals surface area contributed by atoms with E-state index in [1.165, 1.54) is 21.9 Å². The van der Waals surface area contributed by atoms with Crippen LogP contribution < -0.4 is 21.9 Å². The average Bonchev–Trinajstić information content (AvgIpc) is 2.83. The van der Waals surface area contributed by atoms with Crippen LogP contribution in [0.4, 0.5) is 0 Å². The van der Waals surface area contributed by atoms with E-state index in [4.69, 9.17) is 39.8 Å². The van der Waals surface area contributed by atoms with Gasteiger partial charge in [0.2, 0.25) is 23.6 Å². The maximum Gasteiger partial charge on any atom is 0.245 e. The highest BCUT2D eigenvalue weighted by Crippen LogP contribution is 2.21. The molecule has 0 unspecified atom stereocenters. The molecule has 0 radical (unpaired) electrons. The molecule has 16 nitrogen and oxygen atoms in total. The largest absolute Gasteiger partial charge is 0.380 e. The van der Waals surface area contributed by atoms with Gasteiger partial charge in [-0.1, -0.05) is 0 Å². The van der Waals surface area contributed by atoms with E-state index in [2.05, 4.69) is 0 Å². The van der Waals surface area contributed by atoms with E-state index in [1.54, 1.807) is 0 Å². The van der Waals surface area contributed by atoms with E-state index in [0.29, 0.717) is 0 Å². The molecule has 4 amide bonds. The summed E-state index contributed by atoms with van der Waals surface area (Å²) in [6, 6.07) is 0. The van der Waals surface area contributed by atoms with Crippen molar-refractivity contribution in [3.8, 4) is 0 Å². The highest BCUT2D eigenvalue weighted by molar-refractivity contribution is 5.75. The fourth-order valence-corrected chi connectivity index (χ4v) is 2.29. The normalized spacial score (nSPS) is 11.0. The smallest absolute Gasteiger partial charge is 0.245 e. The first kappa shape index (κ1) is 30.6. The number of carbonyl (C=O) groups excluding carboxylic acids is 4. The van der Waals surface area contributed by atoms with Crippen molar-refractivity contribution in [3.63, 3.8) is 0 Å². The number of amides is 4. The van der Waals surface area contributed by atoms with Crippen LogP contribution in [0.3, 0.4) is 0 Å². The van der Waals surface area contributed by atoms with Crippen LogP contribution in [0.15, 0.2) is 0 Å². The minimum absolute atomic E-state index is 0.0686.